The van der Waals surface area contributed by atoms with E-state index in [0.29, 0.717) is 34.7 Å². The molecule has 4 aromatic rings. The normalized spacial score (nSPS) is 16.4. The molecule has 1 saturated heterocycles. The number of nitrogens with one attached hydrogen (secondary N) is 2. The van der Waals surface area contributed by atoms with E-state index in [9.17, 15) is 9.18 Å². The highest BCUT2D eigenvalue weighted by Crippen LogP contribution is 2.27. The Labute approximate surface area is 183 Å². The van der Waals surface area contributed by atoms with E-state index in [-0.39, 0.29) is 24.2 Å². The summed E-state index contributed by atoms with van der Waals surface area (Å²) < 4.78 is 21.6. The summed E-state index contributed by atoms with van der Waals surface area (Å²) in [5.74, 6) is -0.129. The number of halogens is 1. The Morgan fingerprint density at radius 2 is 2.19 bits per heavy atom. The van der Waals surface area contributed by atoms with Crippen molar-refractivity contribution in [3.05, 3.63) is 59.8 Å². The number of nitrogens with zero attached hydrogens (tertiary/aromatic N) is 5. The Hall–Kier alpha value is -3.66. The molecule has 1 amide bonds. The lowest BCUT2D eigenvalue weighted by Gasteiger charge is -2.20. The number of hydrogen-bond donors (Lipinski definition) is 2. The molecule has 10 heteroatoms. The molecule has 0 saturated carbocycles. The number of hydrogen-bond acceptors (Lipinski definition) is 6. The zero-order valence-corrected chi connectivity index (χ0v) is 17.5. The number of fused-ring (bicyclic) bond motifs is 1. The maximum atomic E-state index is 14.2. The first-order valence-corrected chi connectivity index (χ1v) is 10.5. The van der Waals surface area contributed by atoms with Crippen molar-refractivity contribution in [3.63, 3.8) is 0 Å². The van der Waals surface area contributed by atoms with Crippen LogP contribution in [0.4, 0.5) is 4.39 Å². The second kappa shape index (κ2) is 8.46. The van der Waals surface area contributed by atoms with Crippen molar-refractivity contribution >= 4 is 17.1 Å². The monoisotopic (exact) mass is 435 g/mol. The van der Waals surface area contributed by atoms with E-state index in [1.165, 1.54) is 18.5 Å². The third-order valence-electron chi connectivity index (χ3n) is 5.46. The molecule has 4 heterocycles. The van der Waals surface area contributed by atoms with Crippen LogP contribution < -0.4 is 5.32 Å². The van der Waals surface area contributed by atoms with Crippen LogP contribution in [0.3, 0.4) is 0 Å². The zero-order chi connectivity index (χ0) is 22.1. The largest absolute Gasteiger partial charge is 0.370 e. The standard InChI is InChI=1S/C22H22FN7O2/c1-30-11-15(10-27-30)14-6-13(7-16(23)8-14)9-24-22(31)19-18-21(26-12-25-19)29-20(28-18)17-4-2-3-5-32-17/h6-8,10-12,17H,2-5,9H2,1H3,(H,24,31)(H,25,26,28,29). The molecule has 1 aliphatic rings. The fraction of sp³-hybridized carbons (Fsp3) is 0.318. The smallest absolute Gasteiger partial charge is 0.272 e. The quantitative estimate of drug-likeness (QED) is 0.499. The number of amides is 1. The van der Waals surface area contributed by atoms with Crippen LogP contribution in [0, 0.1) is 5.82 Å². The van der Waals surface area contributed by atoms with Crippen LogP contribution in [-0.2, 0) is 18.3 Å². The average Bonchev–Trinajstić information content (AvgIpc) is 3.44. The Balaban J connectivity index is 1.35. The van der Waals surface area contributed by atoms with Gasteiger partial charge in [0.15, 0.2) is 11.3 Å². The first-order valence-electron chi connectivity index (χ1n) is 10.5. The number of benzene rings is 1. The predicted octanol–water partition coefficient (Wildman–Crippen LogP) is 3.06. The molecule has 0 bridgehead atoms. The highest BCUT2D eigenvalue weighted by atomic mass is 19.1. The number of ether oxygens (including phenoxy) is 1. The molecule has 0 spiro atoms. The average molecular weight is 435 g/mol. The van der Waals surface area contributed by atoms with E-state index >= 15 is 0 Å². The number of imidazole rings is 1. The van der Waals surface area contributed by atoms with Gasteiger partial charge in [0.2, 0.25) is 0 Å². The fourth-order valence-corrected chi connectivity index (χ4v) is 3.88. The number of aromatic nitrogens is 6. The van der Waals surface area contributed by atoms with Gasteiger partial charge in [0.1, 0.15) is 29.6 Å². The van der Waals surface area contributed by atoms with Crippen LogP contribution in [0.25, 0.3) is 22.3 Å². The molecule has 0 radical (unpaired) electrons. The molecule has 0 aliphatic carbocycles. The van der Waals surface area contributed by atoms with E-state index in [4.69, 9.17) is 4.74 Å². The lowest BCUT2D eigenvalue weighted by atomic mass is 10.1. The van der Waals surface area contributed by atoms with Crippen molar-refractivity contribution < 1.29 is 13.9 Å². The van der Waals surface area contributed by atoms with Crippen LogP contribution in [0.2, 0.25) is 0 Å². The van der Waals surface area contributed by atoms with E-state index < -0.39 is 5.91 Å². The highest BCUT2D eigenvalue weighted by Gasteiger charge is 2.22. The Morgan fingerprint density at radius 3 is 2.97 bits per heavy atom. The van der Waals surface area contributed by atoms with Crippen LogP contribution in [0.15, 0.2) is 36.9 Å². The lowest BCUT2D eigenvalue weighted by molar-refractivity contribution is 0.0101. The summed E-state index contributed by atoms with van der Waals surface area (Å²) in [6.45, 7) is 0.831. The summed E-state index contributed by atoms with van der Waals surface area (Å²) in [7, 11) is 1.80. The fourth-order valence-electron chi connectivity index (χ4n) is 3.88. The maximum absolute atomic E-state index is 14.2. The van der Waals surface area contributed by atoms with Gasteiger partial charge in [-0.1, -0.05) is 0 Å². The van der Waals surface area contributed by atoms with Crippen LogP contribution >= 0.6 is 0 Å². The number of carbonyl (C=O) groups is 1. The molecule has 9 nitrogen and oxygen atoms in total. The second-order valence-corrected chi connectivity index (χ2v) is 7.83. The molecule has 3 aromatic heterocycles. The van der Waals surface area contributed by atoms with Gasteiger partial charge in [0.05, 0.1) is 6.20 Å². The molecule has 1 fully saturated rings. The van der Waals surface area contributed by atoms with Gasteiger partial charge in [-0.2, -0.15) is 5.10 Å². The summed E-state index contributed by atoms with van der Waals surface area (Å²) in [6.07, 6.45) is 7.62. The molecular formula is C22H22FN7O2. The van der Waals surface area contributed by atoms with E-state index in [1.54, 1.807) is 24.1 Å². The molecular weight excluding hydrogens is 413 g/mol. The summed E-state index contributed by atoms with van der Waals surface area (Å²) >= 11 is 0. The van der Waals surface area contributed by atoms with Crippen molar-refractivity contribution in [3.8, 4) is 11.1 Å². The van der Waals surface area contributed by atoms with Gasteiger partial charge in [-0.05, 0) is 48.6 Å². The van der Waals surface area contributed by atoms with E-state index in [2.05, 4.69) is 30.4 Å². The van der Waals surface area contributed by atoms with Crippen molar-refractivity contribution in [2.75, 3.05) is 6.61 Å². The van der Waals surface area contributed by atoms with Crippen LogP contribution in [0.1, 0.15) is 47.2 Å². The first kappa shape index (κ1) is 20.3. The molecule has 1 atom stereocenters. The van der Waals surface area contributed by atoms with Gasteiger partial charge in [0, 0.05) is 32.0 Å². The highest BCUT2D eigenvalue weighted by molar-refractivity contribution is 6.02. The minimum atomic E-state index is -0.399. The van der Waals surface area contributed by atoms with Gasteiger partial charge in [-0.3, -0.25) is 9.48 Å². The molecule has 1 aliphatic heterocycles. The molecule has 5 rings (SSSR count). The second-order valence-electron chi connectivity index (χ2n) is 7.83. The number of aryl methyl sites for hydroxylation is 1. The third-order valence-corrected chi connectivity index (χ3v) is 5.46. The van der Waals surface area contributed by atoms with Gasteiger partial charge < -0.3 is 15.0 Å². The number of carbonyl (C=O) groups excluding carboxylic acids is 1. The maximum Gasteiger partial charge on any atom is 0.272 e. The van der Waals surface area contributed by atoms with Crippen molar-refractivity contribution in [2.45, 2.75) is 31.9 Å². The molecule has 2 N–H and O–H groups in total. The van der Waals surface area contributed by atoms with Crippen LogP contribution in [0.5, 0.6) is 0 Å². The lowest BCUT2D eigenvalue weighted by Crippen LogP contribution is -2.24. The summed E-state index contributed by atoms with van der Waals surface area (Å²) in [5.41, 5.74) is 3.18. The summed E-state index contributed by atoms with van der Waals surface area (Å²) in [4.78, 5) is 28.8. The summed E-state index contributed by atoms with van der Waals surface area (Å²) in [6, 6.07) is 4.66. The van der Waals surface area contributed by atoms with Gasteiger partial charge in [-0.15, -0.1) is 0 Å². The molecule has 1 aromatic carbocycles. The van der Waals surface area contributed by atoms with Crippen LogP contribution in [-0.4, -0.2) is 42.2 Å². The first-order chi connectivity index (χ1) is 15.6. The molecule has 32 heavy (non-hydrogen) atoms. The molecule has 1 unspecified atom stereocenters. The van der Waals surface area contributed by atoms with E-state index in [1.807, 2.05) is 6.07 Å². The minimum Gasteiger partial charge on any atom is -0.370 e. The van der Waals surface area contributed by atoms with Gasteiger partial charge in [-0.25, -0.2) is 19.3 Å². The number of aromatic amines is 1. The van der Waals surface area contributed by atoms with Gasteiger partial charge in [0.25, 0.3) is 5.91 Å². The zero-order valence-electron chi connectivity index (χ0n) is 17.5. The minimum absolute atomic E-state index is 0.132. The Bertz CT molecular complexity index is 1280. The topological polar surface area (TPSA) is 111 Å². The summed E-state index contributed by atoms with van der Waals surface area (Å²) in [5, 5.41) is 6.93. The van der Waals surface area contributed by atoms with Crippen molar-refractivity contribution in [1.29, 1.82) is 0 Å². The number of H-pyrrole nitrogens is 1. The molecule has 164 valence electrons. The SMILES string of the molecule is Cn1cc(-c2cc(F)cc(CNC(=O)c3ncnc4nc(C5CCCCO5)[nH]c34)c2)cn1. The van der Waals surface area contributed by atoms with E-state index in [0.717, 1.165) is 24.8 Å². The Morgan fingerprint density at radius 1 is 1.28 bits per heavy atom. The Kier molecular flexibility index (Phi) is 5.36. The predicted molar refractivity (Wildman–Crippen MR) is 114 cm³/mol. The van der Waals surface area contributed by atoms with Gasteiger partial charge >= 0.3 is 0 Å². The third kappa shape index (κ3) is 4.09. The van der Waals surface area contributed by atoms with Crippen molar-refractivity contribution in [2.24, 2.45) is 7.05 Å². The number of rotatable bonds is 5. The van der Waals surface area contributed by atoms with Crippen molar-refractivity contribution in [1.82, 2.24) is 35.0 Å².